The molecule has 68 valence electrons. The fourth-order valence-corrected chi connectivity index (χ4v) is 1.48. The first-order valence-electron chi connectivity index (χ1n) is 3.64. The molecule has 0 spiro atoms. The Bertz CT molecular complexity index is 341. The zero-order valence-corrected chi connectivity index (χ0v) is 8.07. The van der Waals surface area contributed by atoms with E-state index in [1.807, 2.05) is 18.2 Å². The summed E-state index contributed by atoms with van der Waals surface area (Å²) in [5.41, 5.74) is 0.796. The molecule has 1 heterocycles. The first kappa shape index (κ1) is 8.59. The first-order valence-corrected chi connectivity index (χ1v) is 4.36. The molecule has 1 aromatic carbocycles. The average molecular weight is 217 g/mol. The molecule has 0 aromatic heterocycles. The second-order valence-corrected chi connectivity index (χ2v) is 3.17. The van der Waals surface area contributed by atoms with Gasteiger partial charge in [0.15, 0.2) is 6.67 Å². The maximum atomic E-state index is 5.96. The monoisotopic (exact) mass is 216 g/mol. The summed E-state index contributed by atoms with van der Waals surface area (Å²) < 4.78 is 1.14. The number of nitrogens with zero attached hydrogens (tertiary/aromatic N) is 4. The van der Waals surface area contributed by atoms with Crippen LogP contribution in [0.5, 0.6) is 0 Å². The van der Waals surface area contributed by atoms with E-state index < -0.39 is 0 Å². The van der Waals surface area contributed by atoms with Gasteiger partial charge in [-0.2, -0.15) is 0 Å². The molecule has 4 nitrogen and oxygen atoms in total. The van der Waals surface area contributed by atoms with Crippen LogP contribution in [0.1, 0.15) is 0 Å². The second kappa shape index (κ2) is 3.40. The summed E-state index contributed by atoms with van der Waals surface area (Å²) in [4.78, 5) is 0. The molecule has 0 saturated heterocycles. The number of hydrogen-bond acceptors (Lipinski definition) is 4. The molecular formula is C7H6Cl2N4. The van der Waals surface area contributed by atoms with Crippen molar-refractivity contribution in [3.63, 3.8) is 0 Å². The summed E-state index contributed by atoms with van der Waals surface area (Å²) in [6.45, 7) is 0.396. The number of benzene rings is 1. The fraction of sp³-hybridized carbons (Fsp3) is 0.143. The van der Waals surface area contributed by atoms with E-state index in [1.54, 1.807) is 11.1 Å². The van der Waals surface area contributed by atoms with Gasteiger partial charge in [-0.25, -0.2) is 5.01 Å². The SMILES string of the molecule is Clc1ccccc1N1CN=NN1Cl. The lowest BCUT2D eigenvalue weighted by atomic mass is 10.3. The van der Waals surface area contributed by atoms with E-state index >= 15 is 0 Å². The van der Waals surface area contributed by atoms with Crippen molar-refractivity contribution in [1.82, 2.24) is 4.64 Å². The third-order valence-corrected chi connectivity index (χ3v) is 2.23. The Labute approximate surface area is 85.4 Å². The summed E-state index contributed by atoms with van der Waals surface area (Å²) in [6.07, 6.45) is 0. The van der Waals surface area contributed by atoms with Crippen molar-refractivity contribution < 1.29 is 0 Å². The molecule has 0 amide bonds. The van der Waals surface area contributed by atoms with E-state index in [0.717, 1.165) is 10.3 Å². The largest absolute Gasteiger partial charge is 0.228 e. The quantitative estimate of drug-likeness (QED) is 0.677. The molecule has 0 N–H and O–H groups in total. The Morgan fingerprint density at radius 3 is 2.69 bits per heavy atom. The van der Waals surface area contributed by atoms with Crippen molar-refractivity contribution in [2.45, 2.75) is 0 Å². The van der Waals surface area contributed by atoms with Gasteiger partial charge in [-0.1, -0.05) is 28.4 Å². The van der Waals surface area contributed by atoms with Gasteiger partial charge in [0.1, 0.15) is 0 Å². The highest BCUT2D eigenvalue weighted by molar-refractivity contribution is 6.33. The van der Waals surface area contributed by atoms with Crippen LogP contribution in [-0.2, 0) is 0 Å². The van der Waals surface area contributed by atoms with E-state index in [-0.39, 0.29) is 0 Å². The van der Waals surface area contributed by atoms with Crippen LogP contribution in [0.25, 0.3) is 0 Å². The van der Waals surface area contributed by atoms with Gasteiger partial charge in [0.05, 0.1) is 22.5 Å². The van der Waals surface area contributed by atoms with Crippen molar-refractivity contribution >= 4 is 29.1 Å². The molecule has 13 heavy (non-hydrogen) atoms. The molecule has 0 saturated carbocycles. The molecule has 6 heteroatoms. The zero-order valence-electron chi connectivity index (χ0n) is 6.56. The lowest BCUT2D eigenvalue weighted by Crippen LogP contribution is -2.27. The Morgan fingerprint density at radius 1 is 1.31 bits per heavy atom. The topological polar surface area (TPSA) is 31.2 Å². The molecule has 0 aliphatic carbocycles. The highest BCUT2D eigenvalue weighted by atomic mass is 35.5. The van der Waals surface area contributed by atoms with Crippen LogP contribution in [0.2, 0.25) is 5.02 Å². The predicted molar refractivity (Wildman–Crippen MR) is 51.3 cm³/mol. The number of rotatable bonds is 1. The molecule has 1 aliphatic heterocycles. The van der Waals surface area contributed by atoms with Crippen molar-refractivity contribution in [1.29, 1.82) is 0 Å². The zero-order chi connectivity index (χ0) is 9.26. The Hall–Kier alpha value is -1.00. The van der Waals surface area contributed by atoms with E-state index in [2.05, 4.69) is 10.3 Å². The molecular weight excluding hydrogens is 211 g/mol. The van der Waals surface area contributed by atoms with E-state index in [1.165, 1.54) is 0 Å². The maximum absolute atomic E-state index is 5.96. The summed E-state index contributed by atoms with van der Waals surface area (Å²) in [5, 5.41) is 9.66. The van der Waals surface area contributed by atoms with Crippen LogP contribution < -0.4 is 5.01 Å². The number of hydrogen-bond donors (Lipinski definition) is 0. The van der Waals surface area contributed by atoms with Gasteiger partial charge in [-0.15, -0.1) is 5.11 Å². The van der Waals surface area contributed by atoms with Crippen LogP contribution in [0, 0.1) is 0 Å². The Morgan fingerprint density at radius 2 is 2.08 bits per heavy atom. The second-order valence-electron chi connectivity index (χ2n) is 2.46. The number of anilines is 1. The van der Waals surface area contributed by atoms with Gasteiger partial charge in [-0.3, -0.25) is 0 Å². The van der Waals surface area contributed by atoms with Crippen LogP contribution in [-0.4, -0.2) is 11.3 Å². The molecule has 2 rings (SSSR count). The Balaban J connectivity index is 2.31. The molecule has 0 unspecified atom stereocenters. The lowest BCUT2D eigenvalue weighted by Gasteiger charge is -2.20. The minimum Gasteiger partial charge on any atom is -0.228 e. The van der Waals surface area contributed by atoms with Crippen LogP contribution in [0.4, 0.5) is 5.69 Å². The molecule has 0 bridgehead atoms. The highest BCUT2D eigenvalue weighted by Gasteiger charge is 2.19. The molecule has 1 aromatic rings. The van der Waals surface area contributed by atoms with Crippen LogP contribution >= 0.6 is 23.4 Å². The van der Waals surface area contributed by atoms with Gasteiger partial charge in [0.2, 0.25) is 0 Å². The van der Waals surface area contributed by atoms with E-state index in [0.29, 0.717) is 11.7 Å². The third kappa shape index (κ3) is 1.55. The fourth-order valence-electron chi connectivity index (χ4n) is 1.07. The maximum Gasteiger partial charge on any atom is 0.156 e. The summed E-state index contributed by atoms with van der Waals surface area (Å²) in [5.74, 6) is 0. The van der Waals surface area contributed by atoms with Crippen molar-refractivity contribution in [2.24, 2.45) is 10.3 Å². The highest BCUT2D eigenvalue weighted by Crippen LogP contribution is 2.29. The van der Waals surface area contributed by atoms with Crippen molar-refractivity contribution in [3.05, 3.63) is 29.3 Å². The van der Waals surface area contributed by atoms with E-state index in [9.17, 15) is 0 Å². The predicted octanol–water partition coefficient (Wildman–Crippen LogP) is 2.86. The third-order valence-electron chi connectivity index (χ3n) is 1.66. The minimum absolute atomic E-state index is 0.396. The Kier molecular flexibility index (Phi) is 2.24. The van der Waals surface area contributed by atoms with Gasteiger partial charge in [0.25, 0.3) is 0 Å². The molecule has 0 radical (unpaired) electrons. The minimum atomic E-state index is 0.396. The molecule has 0 fully saturated rings. The first-order chi connectivity index (χ1) is 6.29. The number of para-hydroxylation sites is 1. The molecule has 0 atom stereocenters. The lowest BCUT2D eigenvalue weighted by molar-refractivity contribution is 0.491. The summed E-state index contributed by atoms with van der Waals surface area (Å²) >= 11 is 11.7. The van der Waals surface area contributed by atoms with Gasteiger partial charge >= 0.3 is 0 Å². The number of halogens is 2. The van der Waals surface area contributed by atoms with Crippen molar-refractivity contribution in [3.8, 4) is 0 Å². The van der Waals surface area contributed by atoms with E-state index in [4.69, 9.17) is 23.4 Å². The van der Waals surface area contributed by atoms with Gasteiger partial charge in [-0.05, 0) is 17.4 Å². The smallest absolute Gasteiger partial charge is 0.156 e. The molecule has 1 aliphatic rings. The summed E-state index contributed by atoms with van der Waals surface area (Å²) in [6, 6.07) is 7.38. The van der Waals surface area contributed by atoms with Gasteiger partial charge < -0.3 is 0 Å². The average Bonchev–Trinajstić information content (AvgIpc) is 2.52. The van der Waals surface area contributed by atoms with Crippen LogP contribution in [0.15, 0.2) is 34.6 Å². The van der Waals surface area contributed by atoms with Gasteiger partial charge in [0, 0.05) is 0 Å². The standard InChI is InChI=1S/C7H6Cl2N4/c8-6-3-1-2-4-7(6)12-5-10-11-13(12)9/h1-4H,5H2. The summed E-state index contributed by atoms with van der Waals surface area (Å²) in [7, 11) is 0. The van der Waals surface area contributed by atoms with Crippen molar-refractivity contribution in [2.75, 3.05) is 11.7 Å². The number of hydrazine groups is 1. The van der Waals surface area contributed by atoms with Crippen LogP contribution in [0.3, 0.4) is 0 Å². The normalized spacial score (nSPS) is 15.5.